The second-order valence-corrected chi connectivity index (χ2v) is 4.64. The van der Waals surface area contributed by atoms with Crippen molar-refractivity contribution in [1.29, 1.82) is 0 Å². The second kappa shape index (κ2) is 9.91. The van der Waals surface area contributed by atoms with E-state index in [1.165, 1.54) is 45.5 Å². The minimum absolute atomic E-state index is 0. The molecule has 17 heavy (non-hydrogen) atoms. The van der Waals surface area contributed by atoms with E-state index in [2.05, 4.69) is 30.3 Å². The molecule has 4 heteroatoms. The van der Waals surface area contributed by atoms with Crippen LogP contribution in [0.25, 0.3) is 0 Å². The summed E-state index contributed by atoms with van der Waals surface area (Å²) in [6, 6.07) is 19.3. The molecular weight excluding hydrogens is 389 g/mol. The Labute approximate surface area is 141 Å². The summed E-state index contributed by atoms with van der Waals surface area (Å²) in [6.07, 6.45) is 0. The van der Waals surface area contributed by atoms with Gasteiger partial charge in [0, 0.05) is 27.3 Å². The number of rotatable bonds is 1. The summed E-state index contributed by atoms with van der Waals surface area (Å²) in [5.74, 6) is -0.899. The number of carbonyl (C=O) groups is 1. The first-order valence-electron chi connectivity index (χ1n) is 4.70. The van der Waals surface area contributed by atoms with Crippen molar-refractivity contribution in [3.05, 3.63) is 66.2 Å². The molecule has 79 valence electrons. The molecule has 2 aromatic rings. The summed E-state index contributed by atoms with van der Waals surface area (Å²) >= 11 is 1.23. The molecule has 0 aromatic heterocycles. The first-order chi connectivity index (χ1) is 7.70. The zero-order valence-corrected chi connectivity index (χ0v) is 16.2. The Kier molecular flexibility index (Phi) is 9.88. The van der Waals surface area contributed by atoms with Gasteiger partial charge in [-0.05, 0) is 18.2 Å². The zero-order chi connectivity index (χ0) is 11.8. The van der Waals surface area contributed by atoms with Gasteiger partial charge in [-0.2, -0.15) is 0 Å². The normalized spacial score (nSPS) is 8.18. The van der Waals surface area contributed by atoms with Gasteiger partial charge in [0.05, 0.1) is 5.56 Å². The van der Waals surface area contributed by atoms with Gasteiger partial charge in [-0.15, -0.1) is 0 Å². The van der Waals surface area contributed by atoms with Crippen LogP contribution in [-0.4, -0.2) is 11.1 Å². The molecule has 0 saturated carbocycles. The van der Waals surface area contributed by atoms with Crippen LogP contribution in [0.5, 0.6) is 0 Å². The molecule has 0 fully saturated rings. The SMILES string of the molecule is O=C(O)c1cc[c]cc1.[Cd].[Y][c]1ccccc1. The van der Waals surface area contributed by atoms with Gasteiger partial charge in [-0.1, -0.05) is 12.1 Å². The number of carboxylic acid groups (broad SMARTS) is 1. The van der Waals surface area contributed by atoms with Crippen molar-refractivity contribution < 1.29 is 68.2 Å². The number of aromatic carboxylic acids is 1. The average Bonchev–Trinajstić information content (AvgIpc) is 2.32. The fourth-order valence-electron chi connectivity index (χ4n) is 0.983. The Morgan fingerprint density at radius 1 is 1.06 bits per heavy atom. The van der Waals surface area contributed by atoms with E-state index in [0.29, 0.717) is 5.56 Å². The molecule has 0 heterocycles. The Morgan fingerprint density at radius 3 is 1.88 bits per heavy atom. The molecule has 0 saturated heterocycles. The van der Waals surface area contributed by atoms with Gasteiger partial charge in [0.15, 0.2) is 0 Å². The summed E-state index contributed by atoms with van der Waals surface area (Å²) < 4.78 is 1.45. The van der Waals surface area contributed by atoms with E-state index >= 15 is 0 Å². The number of hydrogen-bond acceptors (Lipinski definition) is 1. The van der Waals surface area contributed by atoms with Crippen molar-refractivity contribution >= 4 is 8.34 Å². The van der Waals surface area contributed by atoms with Gasteiger partial charge < -0.3 is 5.11 Å². The fourth-order valence-corrected chi connectivity index (χ4v) is 1.53. The predicted octanol–water partition coefficient (Wildman–Crippen LogP) is 2.04. The zero-order valence-electron chi connectivity index (χ0n) is 9.34. The Hall–Kier alpha value is -0.0640. The monoisotopic (exact) mass is 401 g/mol. The van der Waals surface area contributed by atoms with Gasteiger partial charge in [0.25, 0.3) is 0 Å². The van der Waals surface area contributed by atoms with Crippen molar-refractivity contribution in [3.63, 3.8) is 0 Å². The molecule has 0 aliphatic carbocycles. The quantitative estimate of drug-likeness (QED) is 0.746. The van der Waals surface area contributed by atoms with Crippen molar-refractivity contribution in [1.82, 2.24) is 0 Å². The first-order valence-corrected chi connectivity index (χ1v) is 6.12. The van der Waals surface area contributed by atoms with Gasteiger partial charge >= 0.3 is 69.6 Å². The summed E-state index contributed by atoms with van der Waals surface area (Å²) in [6.45, 7) is 0. The van der Waals surface area contributed by atoms with Crippen LogP contribution in [0.4, 0.5) is 0 Å². The molecule has 2 aromatic carbocycles. The van der Waals surface area contributed by atoms with Crippen LogP contribution in [0.1, 0.15) is 10.4 Å². The summed E-state index contributed by atoms with van der Waals surface area (Å²) in [4.78, 5) is 10.2. The van der Waals surface area contributed by atoms with Crippen molar-refractivity contribution in [2.75, 3.05) is 0 Å². The van der Waals surface area contributed by atoms with Crippen molar-refractivity contribution in [3.8, 4) is 0 Å². The molecule has 0 spiro atoms. The minimum atomic E-state index is -0.899. The van der Waals surface area contributed by atoms with Crippen molar-refractivity contribution in [2.24, 2.45) is 0 Å². The standard InChI is InChI=1S/C7H5O2.C6H5.Cd.Y/c8-7(9)6-4-2-1-3-5-6;1-2-4-6-5-3-1;;/h2-5H,(H,8,9);1-5H;;. The topological polar surface area (TPSA) is 37.3 Å². The van der Waals surface area contributed by atoms with Crippen LogP contribution >= 0.6 is 0 Å². The van der Waals surface area contributed by atoms with Gasteiger partial charge in [0.2, 0.25) is 0 Å². The van der Waals surface area contributed by atoms with Crippen LogP contribution in [-0.2, 0) is 58.3 Å². The van der Waals surface area contributed by atoms with Gasteiger partial charge in [0.1, 0.15) is 0 Å². The molecule has 2 rings (SSSR count). The molecule has 0 unspecified atom stereocenters. The summed E-state index contributed by atoms with van der Waals surface area (Å²) in [5.41, 5.74) is 0.300. The average molecular weight is 400 g/mol. The molecule has 0 bridgehead atoms. The van der Waals surface area contributed by atoms with Crippen LogP contribution < -0.4 is 2.37 Å². The van der Waals surface area contributed by atoms with E-state index < -0.39 is 5.97 Å². The van der Waals surface area contributed by atoms with E-state index in [-0.39, 0.29) is 27.3 Å². The number of benzene rings is 2. The Morgan fingerprint density at radius 2 is 1.59 bits per heavy atom. The molecule has 1 radical (unpaired) electrons. The number of hydrogen-bond donors (Lipinski definition) is 1. The van der Waals surface area contributed by atoms with Gasteiger partial charge in [-0.25, -0.2) is 4.79 Å². The van der Waals surface area contributed by atoms with E-state index in [0.717, 1.165) is 0 Å². The molecule has 0 amide bonds. The van der Waals surface area contributed by atoms with E-state index in [9.17, 15) is 4.79 Å². The number of carboxylic acids is 1. The molecule has 0 aliphatic rings. The van der Waals surface area contributed by atoms with Crippen LogP contribution in [0.3, 0.4) is 0 Å². The summed E-state index contributed by atoms with van der Waals surface area (Å²) in [7, 11) is 0. The van der Waals surface area contributed by atoms with Crippen LogP contribution in [0, 0.1) is 6.07 Å². The maximum atomic E-state index is 10.2. The van der Waals surface area contributed by atoms with E-state index in [1.54, 1.807) is 12.1 Å². The molecule has 0 aliphatic heterocycles. The molecule has 0 atom stereocenters. The third-order valence-corrected chi connectivity index (χ3v) is 2.71. The predicted molar refractivity (Wildman–Crippen MR) is 58.3 cm³/mol. The second-order valence-electron chi connectivity index (χ2n) is 3.00. The third-order valence-electron chi connectivity index (χ3n) is 1.76. The van der Waals surface area contributed by atoms with Gasteiger partial charge in [-0.3, -0.25) is 0 Å². The van der Waals surface area contributed by atoms with Crippen LogP contribution in [0.2, 0.25) is 0 Å². The van der Waals surface area contributed by atoms with E-state index in [1.807, 2.05) is 6.07 Å². The Balaban J connectivity index is 0.000000292. The molecule has 1 N–H and O–H groups in total. The Bertz CT molecular complexity index is 432. The van der Waals surface area contributed by atoms with E-state index in [4.69, 9.17) is 5.11 Å². The molecular formula is C13H10CdO2Y. The third kappa shape index (κ3) is 7.79. The molecule has 2 nitrogen and oxygen atoms in total. The van der Waals surface area contributed by atoms with Crippen molar-refractivity contribution in [2.45, 2.75) is 0 Å². The first kappa shape index (κ1) is 16.9. The maximum absolute atomic E-state index is 10.2. The van der Waals surface area contributed by atoms with Crippen LogP contribution in [0.15, 0.2) is 54.6 Å². The summed E-state index contributed by atoms with van der Waals surface area (Å²) in [5, 5.41) is 8.37. The fraction of sp³-hybridized carbons (Fsp3) is 0.